The molecule has 2 atom stereocenters. The Morgan fingerprint density at radius 2 is 2.26 bits per heavy atom. The first-order valence-corrected chi connectivity index (χ1v) is 8.19. The summed E-state index contributed by atoms with van der Waals surface area (Å²) in [6.07, 6.45) is 1.93. The summed E-state index contributed by atoms with van der Waals surface area (Å²) in [5.74, 6) is -0.792. The second kappa shape index (κ2) is 5.09. The molecule has 0 aliphatic carbocycles. The summed E-state index contributed by atoms with van der Waals surface area (Å²) in [7, 11) is -3.08. The number of aromatic carboxylic acids is 1. The number of nitrogens with one attached hydrogen (secondary N) is 1. The predicted molar refractivity (Wildman–Crippen MR) is 74.2 cm³/mol. The number of rotatable bonds is 3. The number of carboxylic acid groups (broad SMARTS) is 1. The van der Waals surface area contributed by atoms with Gasteiger partial charge in [-0.3, -0.25) is 0 Å². The topological polar surface area (TPSA) is 96.4 Å². The normalized spacial score (nSPS) is 25.2. The van der Waals surface area contributed by atoms with Crippen LogP contribution < -0.4 is 5.32 Å². The van der Waals surface area contributed by atoms with Gasteiger partial charge in [-0.05, 0) is 35.3 Å². The SMILES string of the molecule is C[C@@H]1[C@H](Nc2ncc(Br)cc2C(=O)O)CCS1(=O)=O. The van der Waals surface area contributed by atoms with Crippen molar-refractivity contribution >= 4 is 37.6 Å². The summed E-state index contributed by atoms with van der Waals surface area (Å²) in [5, 5.41) is 11.5. The Morgan fingerprint density at radius 1 is 1.58 bits per heavy atom. The molecule has 0 aromatic carbocycles. The Bertz CT molecular complexity index is 617. The van der Waals surface area contributed by atoms with Crippen molar-refractivity contribution in [1.29, 1.82) is 0 Å². The number of carbonyl (C=O) groups is 1. The average molecular weight is 349 g/mol. The van der Waals surface area contributed by atoms with Crippen LogP contribution in [0.5, 0.6) is 0 Å². The molecule has 2 heterocycles. The zero-order chi connectivity index (χ0) is 14.2. The van der Waals surface area contributed by atoms with Crippen molar-refractivity contribution in [3.63, 3.8) is 0 Å². The molecule has 1 aliphatic heterocycles. The largest absolute Gasteiger partial charge is 0.478 e. The van der Waals surface area contributed by atoms with Gasteiger partial charge in [0.05, 0.1) is 11.0 Å². The van der Waals surface area contributed by atoms with E-state index < -0.39 is 21.1 Å². The molecule has 1 saturated heterocycles. The van der Waals surface area contributed by atoms with Gasteiger partial charge in [-0.2, -0.15) is 0 Å². The monoisotopic (exact) mass is 348 g/mol. The van der Waals surface area contributed by atoms with Crippen molar-refractivity contribution in [3.8, 4) is 0 Å². The fraction of sp³-hybridized carbons (Fsp3) is 0.455. The molecule has 0 saturated carbocycles. The summed E-state index contributed by atoms with van der Waals surface area (Å²) >= 11 is 3.16. The summed E-state index contributed by atoms with van der Waals surface area (Å²) in [5.41, 5.74) is 0.0193. The van der Waals surface area contributed by atoms with Gasteiger partial charge in [0.15, 0.2) is 9.84 Å². The first kappa shape index (κ1) is 14.3. The Hall–Kier alpha value is -1.15. The molecule has 0 spiro atoms. The molecule has 6 nitrogen and oxygen atoms in total. The maximum absolute atomic E-state index is 11.7. The number of halogens is 1. The third-order valence-electron chi connectivity index (χ3n) is 3.25. The summed E-state index contributed by atoms with van der Waals surface area (Å²) in [4.78, 5) is 15.1. The molecule has 0 bridgehead atoms. The van der Waals surface area contributed by atoms with Crippen LogP contribution in [0, 0.1) is 0 Å². The number of aromatic nitrogens is 1. The minimum absolute atomic E-state index is 0.0193. The average Bonchev–Trinajstić information content (AvgIpc) is 2.58. The molecule has 104 valence electrons. The van der Waals surface area contributed by atoms with Crippen LogP contribution in [-0.4, -0.2) is 41.5 Å². The second-order valence-electron chi connectivity index (χ2n) is 4.47. The second-order valence-corrected chi connectivity index (χ2v) is 7.86. The van der Waals surface area contributed by atoms with E-state index >= 15 is 0 Å². The van der Waals surface area contributed by atoms with Crippen molar-refractivity contribution in [3.05, 3.63) is 22.3 Å². The summed E-state index contributed by atoms with van der Waals surface area (Å²) in [6, 6.07) is 1.13. The number of sulfone groups is 1. The lowest BCUT2D eigenvalue weighted by Gasteiger charge is -2.18. The molecular weight excluding hydrogens is 336 g/mol. The highest BCUT2D eigenvalue weighted by Crippen LogP contribution is 2.26. The van der Waals surface area contributed by atoms with Gasteiger partial charge in [-0.25, -0.2) is 18.2 Å². The first-order chi connectivity index (χ1) is 8.81. The zero-order valence-electron chi connectivity index (χ0n) is 10.1. The number of hydrogen-bond donors (Lipinski definition) is 2. The Balaban J connectivity index is 2.28. The van der Waals surface area contributed by atoms with Gasteiger partial charge < -0.3 is 10.4 Å². The summed E-state index contributed by atoms with van der Waals surface area (Å²) in [6.45, 7) is 1.62. The van der Waals surface area contributed by atoms with Gasteiger partial charge in [-0.15, -0.1) is 0 Å². The van der Waals surface area contributed by atoms with E-state index in [2.05, 4.69) is 26.2 Å². The van der Waals surface area contributed by atoms with Gasteiger partial charge in [0.1, 0.15) is 11.4 Å². The summed E-state index contributed by atoms with van der Waals surface area (Å²) < 4.78 is 23.9. The van der Waals surface area contributed by atoms with E-state index in [1.54, 1.807) is 6.92 Å². The number of nitrogens with zero attached hydrogens (tertiary/aromatic N) is 1. The van der Waals surface area contributed by atoms with E-state index in [1.165, 1.54) is 12.3 Å². The van der Waals surface area contributed by atoms with Crippen LogP contribution in [0.25, 0.3) is 0 Å². The molecule has 1 aromatic heterocycles. The molecule has 1 fully saturated rings. The number of anilines is 1. The van der Waals surface area contributed by atoms with Gasteiger partial charge in [0, 0.05) is 16.7 Å². The number of pyridine rings is 1. The molecule has 2 N–H and O–H groups in total. The maximum Gasteiger partial charge on any atom is 0.339 e. The maximum atomic E-state index is 11.7. The number of hydrogen-bond acceptors (Lipinski definition) is 5. The first-order valence-electron chi connectivity index (χ1n) is 5.68. The highest BCUT2D eigenvalue weighted by atomic mass is 79.9. The van der Waals surface area contributed by atoms with Crippen molar-refractivity contribution in [2.45, 2.75) is 24.6 Å². The molecule has 0 radical (unpaired) electrons. The van der Waals surface area contributed by atoms with Crippen molar-refractivity contribution in [2.24, 2.45) is 0 Å². The van der Waals surface area contributed by atoms with E-state index in [1.807, 2.05) is 0 Å². The Morgan fingerprint density at radius 3 is 2.79 bits per heavy atom. The molecule has 19 heavy (non-hydrogen) atoms. The van der Waals surface area contributed by atoms with Gasteiger partial charge in [0.2, 0.25) is 0 Å². The van der Waals surface area contributed by atoms with Crippen molar-refractivity contribution < 1.29 is 18.3 Å². The molecule has 8 heteroatoms. The molecule has 0 unspecified atom stereocenters. The molecular formula is C11H13BrN2O4S. The van der Waals surface area contributed by atoms with Crippen LogP contribution in [0.1, 0.15) is 23.7 Å². The van der Waals surface area contributed by atoms with Crippen LogP contribution in [0.4, 0.5) is 5.82 Å². The fourth-order valence-electron chi connectivity index (χ4n) is 2.04. The van der Waals surface area contributed by atoms with Gasteiger partial charge in [0.25, 0.3) is 0 Å². The third-order valence-corrected chi connectivity index (χ3v) is 5.95. The lowest BCUT2D eigenvalue weighted by atomic mass is 10.1. The highest BCUT2D eigenvalue weighted by Gasteiger charge is 2.37. The molecule has 2 rings (SSSR count). The smallest absolute Gasteiger partial charge is 0.339 e. The van der Waals surface area contributed by atoms with Crippen molar-refractivity contribution in [1.82, 2.24) is 4.98 Å². The van der Waals surface area contributed by atoms with E-state index in [0.29, 0.717) is 10.9 Å². The molecule has 1 aromatic rings. The van der Waals surface area contributed by atoms with Crippen molar-refractivity contribution in [2.75, 3.05) is 11.1 Å². The minimum atomic E-state index is -3.08. The Kier molecular flexibility index (Phi) is 3.82. The predicted octanol–water partition coefficient (Wildman–Crippen LogP) is 1.53. The zero-order valence-corrected chi connectivity index (χ0v) is 12.5. The standard InChI is InChI=1S/C11H13BrN2O4S/c1-6-9(2-3-19(6,17)18)14-10-8(11(15)16)4-7(12)5-13-10/h4-6,9H,2-3H2,1H3,(H,13,14)(H,15,16)/t6-,9-/m1/s1. The number of carboxylic acids is 1. The highest BCUT2D eigenvalue weighted by molar-refractivity contribution is 9.10. The van der Waals surface area contributed by atoms with E-state index in [4.69, 9.17) is 5.11 Å². The van der Waals surface area contributed by atoms with Gasteiger partial charge in [-0.1, -0.05) is 0 Å². The Labute approximate surface area is 119 Å². The van der Waals surface area contributed by atoms with E-state index in [0.717, 1.165) is 0 Å². The van der Waals surface area contributed by atoms with Crippen LogP contribution in [0.15, 0.2) is 16.7 Å². The lowest BCUT2D eigenvalue weighted by Crippen LogP contribution is -2.30. The van der Waals surface area contributed by atoms with Crippen LogP contribution in [0.2, 0.25) is 0 Å². The van der Waals surface area contributed by atoms with E-state index in [-0.39, 0.29) is 23.2 Å². The molecule has 0 amide bonds. The van der Waals surface area contributed by atoms with Crippen LogP contribution >= 0.6 is 15.9 Å². The van der Waals surface area contributed by atoms with Crippen LogP contribution in [0.3, 0.4) is 0 Å². The van der Waals surface area contributed by atoms with E-state index in [9.17, 15) is 13.2 Å². The fourth-order valence-corrected chi connectivity index (χ4v) is 4.03. The molecule has 1 aliphatic rings. The van der Waals surface area contributed by atoms with Gasteiger partial charge >= 0.3 is 5.97 Å². The minimum Gasteiger partial charge on any atom is -0.478 e. The third kappa shape index (κ3) is 2.89. The quantitative estimate of drug-likeness (QED) is 0.859. The lowest BCUT2D eigenvalue weighted by molar-refractivity contribution is 0.0697. The van der Waals surface area contributed by atoms with Crippen LogP contribution in [-0.2, 0) is 9.84 Å².